The van der Waals surface area contributed by atoms with Crippen LogP contribution in [-0.4, -0.2) is 31.3 Å². The first-order chi connectivity index (χ1) is 15.0. The molecule has 3 aromatic rings. The molecule has 0 atom stereocenters. The van der Waals surface area contributed by atoms with Crippen LogP contribution in [0.25, 0.3) is 0 Å². The van der Waals surface area contributed by atoms with Gasteiger partial charge in [0.25, 0.3) is 5.91 Å². The number of para-hydroxylation sites is 2. The van der Waals surface area contributed by atoms with Crippen LogP contribution in [0.4, 0.5) is 17.1 Å². The first-order valence-electron chi connectivity index (χ1n) is 9.65. The molecule has 3 rings (SSSR count). The van der Waals surface area contributed by atoms with Gasteiger partial charge in [-0.05, 0) is 67.6 Å². The summed E-state index contributed by atoms with van der Waals surface area (Å²) < 4.78 is 5.23. The lowest BCUT2D eigenvalue weighted by molar-refractivity contribution is -0.114. The quantitative estimate of drug-likeness (QED) is 0.477. The van der Waals surface area contributed by atoms with Gasteiger partial charge in [0.15, 0.2) is 5.78 Å². The van der Waals surface area contributed by atoms with Gasteiger partial charge in [-0.25, -0.2) is 0 Å². The Balaban J connectivity index is 1.53. The summed E-state index contributed by atoms with van der Waals surface area (Å²) >= 11 is 0. The third-order valence-corrected chi connectivity index (χ3v) is 4.53. The minimum Gasteiger partial charge on any atom is -0.495 e. The van der Waals surface area contributed by atoms with Crippen LogP contribution in [-0.2, 0) is 4.79 Å². The zero-order valence-electron chi connectivity index (χ0n) is 17.3. The predicted octanol–water partition coefficient (Wildman–Crippen LogP) is 4.20. The van der Waals surface area contributed by atoms with Crippen LogP contribution in [0.5, 0.6) is 5.75 Å². The maximum atomic E-state index is 12.5. The topological polar surface area (TPSA) is 96.5 Å². The van der Waals surface area contributed by atoms with Gasteiger partial charge < -0.3 is 20.7 Å². The highest BCUT2D eigenvalue weighted by molar-refractivity contribution is 6.05. The second-order valence-corrected chi connectivity index (χ2v) is 6.77. The average Bonchev–Trinajstić information content (AvgIpc) is 2.78. The summed E-state index contributed by atoms with van der Waals surface area (Å²) in [6.07, 6.45) is 0. The highest BCUT2D eigenvalue weighted by Crippen LogP contribution is 2.23. The third-order valence-electron chi connectivity index (χ3n) is 4.53. The zero-order valence-corrected chi connectivity index (χ0v) is 17.3. The number of Topliss-reactive ketones (excluding diaryl/α,β-unsaturated/α-hetero) is 1. The molecule has 0 saturated heterocycles. The number of methoxy groups -OCH3 is 1. The molecule has 0 aliphatic rings. The second-order valence-electron chi connectivity index (χ2n) is 6.77. The van der Waals surface area contributed by atoms with E-state index in [1.807, 2.05) is 12.1 Å². The Labute approximate surface area is 180 Å². The Kier molecular flexibility index (Phi) is 7.01. The van der Waals surface area contributed by atoms with Crippen LogP contribution in [0.3, 0.4) is 0 Å². The summed E-state index contributed by atoms with van der Waals surface area (Å²) in [5.74, 6) is 0.0485. The largest absolute Gasteiger partial charge is 0.495 e. The smallest absolute Gasteiger partial charge is 0.255 e. The van der Waals surface area contributed by atoms with Gasteiger partial charge in [-0.1, -0.05) is 12.1 Å². The van der Waals surface area contributed by atoms with Crippen molar-refractivity contribution < 1.29 is 19.1 Å². The number of anilines is 3. The number of rotatable bonds is 8. The van der Waals surface area contributed by atoms with Crippen LogP contribution in [0.2, 0.25) is 0 Å². The van der Waals surface area contributed by atoms with Crippen molar-refractivity contribution in [1.82, 2.24) is 0 Å². The van der Waals surface area contributed by atoms with E-state index in [1.165, 1.54) is 6.92 Å². The minimum absolute atomic E-state index is 0.00988. The van der Waals surface area contributed by atoms with Crippen molar-refractivity contribution in [2.45, 2.75) is 6.92 Å². The summed E-state index contributed by atoms with van der Waals surface area (Å²) in [5.41, 5.74) is 2.96. The van der Waals surface area contributed by atoms with E-state index in [4.69, 9.17) is 4.74 Å². The molecule has 0 fully saturated rings. The number of nitrogens with one attached hydrogen (secondary N) is 3. The molecule has 0 aliphatic carbocycles. The van der Waals surface area contributed by atoms with E-state index in [-0.39, 0.29) is 24.1 Å². The van der Waals surface area contributed by atoms with Gasteiger partial charge in [0.1, 0.15) is 5.75 Å². The molecular formula is C24H23N3O4. The normalized spacial score (nSPS) is 10.1. The molecule has 0 bridgehead atoms. The van der Waals surface area contributed by atoms with Crippen molar-refractivity contribution >= 4 is 34.7 Å². The lowest BCUT2D eigenvalue weighted by Gasteiger charge is -2.11. The Morgan fingerprint density at radius 2 is 1.39 bits per heavy atom. The van der Waals surface area contributed by atoms with Crippen LogP contribution in [0.1, 0.15) is 27.6 Å². The van der Waals surface area contributed by atoms with Crippen LogP contribution < -0.4 is 20.7 Å². The molecule has 0 aliphatic heterocycles. The van der Waals surface area contributed by atoms with Crippen LogP contribution >= 0.6 is 0 Å². The second kappa shape index (κ2) is 10.1. The van der Waals surface area contributed by atoms with Crippen molar-refractivity contribution in [3.8, 4) is 5.75 Å². The minimum atomic E-state index is -0.280. The fraction of sp³-hybridized carbons (Fsp3) is 0.125. The Hall–Kier alpha value is -4.13. The number of amides is 2. The Morgan fingerprint density at radius 3 is 2.03 bits per heavy atom. The van der Waals surface area contributed by atoms with Crippen molar-refractivity contribution in [3.05, 3.63) is 83.9 Å². The molecule has 158 valence electrons. The molecule has 31 heavy (non-hydrogen) atoms. The van der Waals surface area contributed by atoms with E-state index in [0.717, 1.165) is 5.69 Å². The van der Waals surface area contributed by atoms with Gasteiger partial charge in [0, 0.05) is 22.5 Å². The Bertz CT molecular complexity index is 1080. The fourth-order valence-corrected chi connectivity index (χ4v) is 2.86. The molecule has 3 N–H and O–H groups in total. The van der Waals surface area contributed by atoms with Crippen LogP contribution in [0.15, 0.2) is 72.8 Å². The number of carbonyl (C=O) groups excluding carboxylic acids is 3. The Morgan fingerprint density at radius 1 is 0.774 bits per heavy atom. The number of ketones is 1. The molecule has 0 radical (unpaired) electrons. The standard InChI is InChI=1S/C24H23N3O4/c1-16(28)17-7-11-19(12-8-17)25-15-23(29)26-20-13-9-18(10-14-20)24(30)27-21-5-3-4-6-22(21)31-2/h3-14,25H,15H2,1-2H3,(H,26,29)(H,27,30). The summed E-state index contributed by atoms with van der Waals surface area (Å²) in [6.45, 7) is 1.57. The number of benzene rings is 3. The van der Waals surface area contributed by atoms with Gasteiger partial charge in [-0.3, -0.25) is 14.4 Å². The molecule has 0 spiro atoms. The van der Waals surface area contributed by atoms with E-state index in [2.05, 4.69) is 16.0 Å². The summed E-state index contributed by atoms with van der Waals surface area (Å²) in [6, 6.07) is 20.7. The third kappa shape index (κ3) is 5.93. The molecule has 0 saturated carbocycles. The van der Waals surface area contributed by atoms with Crippen molar-refractivity contribution in [3.63, 3.8) is 0 Å². The maximum absolute atomic E-state index is 12.5. The molecule has 2 amide bonds. The monoisotopic (exact) mass is 417 g/mol. The van der Waals surface area contributed by atoms with Gasteiger partial charge in [-0.15, -0.1) is 0 Å². The highest BCUT2D eigenvalue weighted by Gasteiger charge is 2.10. The molecule has 0 aromatic heterocycles. The molecule has 3 aromatic carbocycles. The molecule has 7 nitrogen and oxygen atoms in total. The number of hydrogen-bond donors (Lipinski definition) is 3. The van der Waals surface area contributed by atoms with E-state index in [0.29, 0.717) is 28.3 Å². The lowest BCUT2D eigenvalue weighted by atomic mass is 10.1. The molecule has 7 heteroatoms. The number of ether oxygens (including phenoxy) is 1. The van der Waals surface area contributed by atoms with E-state index < -0.39 is 0 Å². The van der Waals surface area contributed by atoms with E-state index in [1.54, 1.807) is 67.8 Å². The summed E-state index contributed by atoms with van der Waals surface area (Å²) in [7, 11) is 1.54. The lowest BCUT2D eigenvalue weighted by Crippen LogP contribution is -2.21. The van der Waals surface area contributed by atoms with E-state index >= 15 is 0 Å². The maximum Gasteiger partial charge on any atom is 0.255 e. The fourth-order valence-electron chi connectivity index (χ4n) is 2.86. The first-order valence-corrected chi connectivity index (χ1v) is 9.65. The summed E-state index contributed by atoms with van der Waals surface area (Å²) in [4.78, 5) is 35.9. The van der Waals surface area contributed by atoms with Gasteiger partial charge >= 0.3 is 0 Å². The zero-order chi connectivity index (χ0) is 22.2. The average molecular weight is 417 g/mol. The van der Waals surface area contributed by atoms with Crippen molar-refractivity contribution in [2.24, 2.45) is 0 Å². The van der Waals surface area contributed by atoms with Crippen molar-refractivity contribution in [2.75, 3.05) is 29.6 Å². The number of hydrogen-bond acceptors (Lipinski definition) is 5. The van der Waals surface area contributed by atoms with E-state index in [9.17, 15) is 14.4 Å². The molecule has 0 unspecified atom stereocenters. The predicted molar refractivity (Wildman–Crippen MR) is 121 cm³/mol. The van der Waals surface area contributed by atoms with Crippen LogP contribution in [0, 0.1) is 0 Å². The van der Waals surface area contributed by atoms with Gasteiger partial charge in [0.2, 0.25) is 5.91 Å². The summed E-state index contributed by atoms with van der Waals surface area (Å²) in [5, 5.41) is 8.57. The SMILES string of the molecule is COc1ccccc1NC(=O)c1ccc(NC(=O)CNc2ccc(C(C)=O)cc2)cc1. The van der Waals surface area contributed by atoms with Gasteiger partial charge in [0.05, 0.1) is 19.3 Å². The molecule has 0 heterocycles. The van der Waals surface area contributed by atoms with Crippen molar-refractivity contribution in [1.29, 1.82) is 0 Å². The molecular weight excluding hydrogens is 394 g/mol. The number of carbonyl (C=O) groups is 3. The highest BCUT2D eigenvalue weighted by atomic mass is 16.5. The van der Waals surface area contributed by atoms with Gasteiger partial charge in [-0.2, -0.15) is 0 Å². The first kappa shape index (κ1) is 21.6.